The molecule has 2 aromatic heterocycles. The van der Waals surface area contributed by atoms with Crippen molar-refractivity contribution in [2.24, 2.45) is 0 Å². The summed E-state index contributed by atoms with van der Waals surface area (Å²) in [5, 5.41) is 1.67. The third-order valence-corrected chi connectivity index (χ3v) is 6.61. The lowest BCUT2D eigenvalue weighted by molar-refractivity contribution is 0.103. The first-order chi connectivity index (χ1) is 16.1. The summed E-state index contributed by atoms with van der Waals surface area (Å²) in [5.41, 5.74) is 2.76. The monoisotopic (exact) mass is 453 g/mol. The molecule has 6 heteroatoms. The highest BCUT2D eigenvalue weighted by atomic mass is 32.1. The van der Waals surface area contributed by atoms with E-state index in [-0.39, 0.29) is 5.78 Å². The molecule has 0 saturated heterocycles. The van der Waals surface area contributed by atoms with Gasteiger partial charge in [0.05, 0.1) is 12.6 Å². The van der Waals surface area contributed by atoms with E-state index in [2.05, 4.69) is 4.98 Å². The maximum absolute atomic E-state index is 13.5. The molecule has 0 amide bonds. The fourth-order valence-corrected chi connectivity index (χ4v) is 4.86. The van der Waals surface area contributed by atoms with E-state index in [1.807, 2.05) is 61.5 Å². The molecule has 0 spiro atoms. The smallest absolute Gasteiger partial charge is 0.207 e. The van der Waals surface area contributed by atoms with Crippen LogP contribution < -0.4 is 9.47 Å². The minimum Gasteiger partial charge on any atom is -0.497 e. The maximum atomic E-state index is 13.5. The standard InChI is InChI=1S/C27H19NO4S/c1-16-5-3-4-6-21(16)25(30)27-26(22-10-9-19(31-2)13-24(22)33-27)32-20-8-7-18-11-17(15-29)14-28-23(18)12-20/h3-15H,1-2H3. The van der Waals surface area contributed by atoms with Crippen LogP contribution in [-0.2, 0) is 0 Å². The number of aromatic nitrogens is 1. The largest absolute Gasteiger partial charge is 0.497 e. The number of nitrogens with zero attached hydrogens (tertiary/aromatic N) is 1. The van der Waals surface area contributed by atoms with Gasteiger partial charge in [-0.25, -0.2) is 0 Å². The zero-order valence-corrected chi connectivity index (χ0v) is 18.8. The Morgan fingerprint density at radius 2 is 1.82 bits per heavy atom. The summed E-state index contributed by atoms with van der Waals surface area (Å²) in [6.07, 6.45) is 2.30. The second-order valence-corrected chi connectivity index (χ2v) is 8.66. The molecule has 0 unspecified atom stereocenters. The molecule has 0 aliphatic rings. The number of methoxy groups -OCH3 is 1. The first kappa shape index (κ1) is 20.8. The molecule has 5 nitrogen and oxygen atoms in total. The van der Waals surface area contributed by atoms with Crippen molar-refractivity contribution in [3.63, 3.8) is 0 Å². The van der Waals surface area contributed by atoms with Gasteiger partial charge in [0.25, 0.3) is 0 Å². The SMILES string of the molecule is COc1ccc2c(Oc3ccc4cc(C=O)cnc4c3)c(C(=O)c3ccccc3C)sc2c1. The molecule has 0 fully saturated rings. The van der Waals surface area contributed by atoms with Crippen molar-refractivity contribution in [2.75, 3.05) is 7.11 Å². The minimum atomic E-state index is -0.0854. The van der Waals surface area contributed by atoms with Crippen LogP contribution in [0.3, 0.4) is 0 Å². The van der Waals surface area contributed by atoms with Gasteiger partial charge < -0.3 is 9.47 Å². The molecule has 0 aliphatic carbocycles. The molecule has 5 rings (SSSR count). The lowest BCUT2D eigenvalue weighted by atomic mass is 10.0. The predicted molar refractivity (Wildman–Crippen MR) is 130 cm³/mol. The number of hydrogen-bond acceptors (Lipinski definition) is 6. The van der Waals surface area contributed by atoms with Crippen LogP contribution in [0.1, 0.15) is 31.2 Å². The average Bonchev–Trinajstić information content (AvgIpc) is 3.20. The van der Waals surface area contributed by atoms with E-state index in [1.54, 1.807) is 19.2 Å². The van der Waals surface area contributed by atoms with Crippen molar-refractivity contribution in [2.45, 2.75) is 6.92 Å². The van der Waals surface area contributed by atoms with Crippen LogP contribution >= 0.6 is 11.3 Å². The summed E-state index contributed by atoms with van der Waals surface area (Å²) >= 11 is 1.38. The van der Waals surface area contributed by atoms with Gasteiger partial charge in [0.1, 0.15) is 16.4 Å². The Kier molecular flexibility index (Phi) is 5.36. The lowest BCUT2D eigenvalue weighted by Gasteiger charge is -2.10. The van der Waals surface area contributed by atoms with Crippen LogP contribution in [0.25, 0.3) is 21.0 Å². The van der Waals surface area contributed by atoms with Crippen LogP contribution in [-0.4, -0.2) is 24.2 Å². The van der Waals surface area contributed by atoms with Crippen molar-refractivity contribution >= 4 is 44.4 Å². The number of thiophene rings is 1. The van der Waals surface area contributed by atoms with E-state index in [0.29, 0.717) is 38.8 Å². The van der Waals surface area contributed by atoms with Gasteiger partial charge in [0.15, 0.2) is 12.0 Å². The first-order valence-electron chi connectivity index (χ1n) is 10.3. The molecule has 33 heavy (non-hydrogen) atoms. The summed E-state index contributed by atoms with van der Waals surface area (Å²) < 4.78 is 12.6. The molecule has 0 aliphatic heterocycles. The van der Waals surface area contributed by atoms with Crippen LogP contribution in [0.2, 0.25) is 0 Å². The van der Waals surface area contributed by atoms with E-state index < -0.39 is 0 Å². The molecule has 2 heterocycles. The van der Waals surface area contributed by atoms with Crippen LogP contribution in [0.15, 0.2) is 72.9 Å². The molecule has 0 atom stereocenters. The number of hydrogen-bond donors (Lipinski definition) is 0. The van der Waals surface area contributed by atoms with Gasteiger partial charge >= 0.3 is 0 Å². The molecule has 5 aromatic rings. The highest BCUT2D eigenvalue weighted by Gasteiger charge is 2.23. The number of fused-ring (bicyclic) bond motifs is 2. The number of pyridine rings is 1. The molecule has 162 valence electrons. The summed E-state index contributed by atoms with van der Waals surface area (Å²) in [6, 6.07) is 20.4. The van der Waals surface area contributed by atoms with Gasteiger partial charge in [-0.2, -0.15) is 0 Å². The van der Waals surface area contributed by atoms with Crippen molar-refractivity contribution < 1.29 is 19.1 Å². The third-order valence-electron chi connectivity index (χ3n) is 5.48. The molecular weight excluding hydrogens is 434 g/mol. The fraction of sp³-hybridized carbons (Fsp3) is 0.0741. The van der Waals surface area contributed by atoms with Crippen molar-refractivity contribution in [1.82, 2.24) is 4.98 Å². The number of aryl methyl sites for hydroxylation is 1. The van der Waals surface area contributed by atoms with E-state index in [1.165, 1.54) is 17.5 Å². The van der Waals surface area contributed by atoms with Gasteiger partial charge in [0, 0.05) is 38.9 Å². The van der Waals surface area contributed by atoms with E-state index >= 15 is 0 Å². The quantitative estimate of drug-likeness (QED) is 0.214. The molecule has 3 aromatic carbocycles. The molecule has 0 saturated carbocycles. The third kappa shape index (κ3) is 3.85. The number of aldehydes is 1. The Hall–Kier alpha value is -4.03. The molecule has 0 bridgehead atoms. The fourth-order valence-electron chi connectivity index (χ4n) is 3.75. The summed E-state index contributed by atoms with van der Waals surface area (Å²) in [4.78, 5) is 29.5. The predicted octanol–water partition coefficient (Wildman–Crippen LogP) is 6.60. The molecular formula is C27H19NO4S. The number of carbonyl (C=O) groups excluding carboxylic acids is 2. The molecule has 0 N–H and O–H groups in total. The average molecular weight is 454 g/mol. The second-order valence-electron chi connectivity index (χ2n) is 7.61. The minimum absolute atomic E-state index is 0.0854. The van der Waals surface area contributed by atoms with Crippen LogP contribution in [0.4, 0.5) is 0 Å². The maximum Gasteiger partial charge on any atom is 0.207 e. The topological polar surface area (TPSA) is 65.5 Å². The van der Waals surface area contributed by atoms with E-state index in [0.717, 1.165) is 27.3 Å². The van der Waals surface area contributed by atoms with E-state index in [4.69, 9.17) is 9.47 Å². The Balaban J connectivity index is 1.63. The van der Waals surface area contributed by atoms with Crippen LogP contribution in [0, 0.1) is 6.92 Å². The highest BCUT2D eigenvalue weighted by molar-refractivity contribution is 7.21. The Morgan fingerprint density at radius 3 is 2.61 bits per heavy atom. The normalized spacial score (nSPS) is 11.0. The molecule has 0 radical (unpaired) electrons. The first-order valence-corrected chi connectivity index (χ1v) is 11.1. The number of ketones is 1. The number of rotatable bonds is 6. The van der Waals surface area contributed by atoms with Crippen molar-refractivity contribution in [3.05, 3.63) is 94.5 Å². The van der Waals surface area contributed by atoms with Crippen LogP contribution in [0.5, 0.6) is 17.2 Å². The zero-order valence-electron chi connectivity index (χ0n) is 18.0. The summed E-state index contributed by atoms with van der Waals surface area (Å²) in [5.74, 6) is 1.70. The van der Waals surface area contributed by atoms with Crippen molar-refractivity contribution in [3.8, 4) is 17.2 Å². The second kappa shape index (κ2) is 8.48. The van der Waals surface area contributed by atoms with Gasteiger partial charge in [-0.15, -0.1) is 11.3 Å². The Morgan fingerprint density at radius 1 is 1.00 bits per heavy atom. The van der Waals surface area contributed by atoms with Gasteiger partial charge in [0.2, 0.25) is 5.78 Å². The number of ether oxygens (including phenoxy) is 2. The van der Waals surface area contributed by atoms with Gasteiger partial charge in [-0.05, 0) is 48.9 Å². The Bertz CT molecular complexity index is 1540. The van der Waals surface area contributed by atoms with Crippen molar-refractivity contribution in [1.29, 1.82) is 0 Å². The number of carbonyl (C=O) groups is 2. The van der Waals surface area contributed by atoms with Gasteiger partial charge in [-0.3, -0.25) is 14.6 Å². The Labute approximate surface area is 194 Å². The summed E-state index contributed by atoms with van der Waals surface area (Å²) in [7, 11) is 1.61. The highest BCUT2D eigenvalue weighted by Crippen LogP contribution is 2.43. The lowest BCUT2D eigenvalue weighted by Crippen LogP contribution is -2.03. The number of benzene rings is 3. The van der Waals surface area contributed by atoms with E-state index in [9.17, 15) is 9.59 Å². The van der Waals surface area contributed by atoms with Gasteiger partial charge in [-0.1, -0.05) is 24.3 Å². The summed E-state index contributed by atoms with van der Waals surface area (Å²) in [6.45, 7) is 1.92. The zero-order chi connectivity index (χ0) is 22.9.